The molecule has 80 valence electrons. The Morgan fingerprint density at radius 3 is 2.33 bits per heavy atom. The van der Waals surface area contributed by atoms with Gasteiger partial charge in [-0.25, -0.2) is 8.42 Å². The molecule has 0 fully saturated rings. The molecule has 5 heteroatoms. The molecule has 0 spiro atoms. The first kappa shape index (κ1) is 11.5. The van der Waals surface area contributed by atoms with Crippen molar-refractivity contribution in [1.29, 1.82) is 0 Å². The standard InChI is InChI=1S/C10H11NO3S/c1-8-3-5-10(6-4-8)15(13,14)9(2)11-7-12/h3-7H,2H2,1H3,(H,11,12). The maximum Gasteiger partial charge on any atom is 0.221 e. The molecular formula is C10H11NO3S. The van der Waals surface area contributed by atoms with Gasteiger partial charge in [0.2, 0.25) is 16.2 Å². The topological polar surface area (TPSA) is 63.2 Å². The molecule has 0 aliphatic carbocycles. The van der Waals surface area contributed by atoms with Gasteiger partial charge in [0.15, 0.2) is 0 Å². The molecule has 0 bridgehead atoms. The molecule has 0 atom stereocenters. The van der Waals surface area contributed by atoms with Crippen molar-refractivity contribution >= 4 is 16.2 Å². The van der Waals surface area contributed by atoms with E-state index in [4.69, 9.17) is 0 Å². The van der Waals surface area contributed by atoms with E-state index in [0.717, 1.165) is 5.56 Å². The van der Waals surface area contributed by atoms with Crippen LogP contribution in [0.25, 0.3) is 0 Å². The normalized spacial score (nSPS) is 10.7. The molecule has 0 unspecified atom stereocenters. The minimum absolute atomic E-state index is 0.118. The van der Waals surface area contributed by atoms with E-state index in [1.807, 2.05) is 12.2 Å². The van der Waals surface area contributed by atoms with E-state index in [1.54, 1.807) is 12.1 Å². The van der Waals surface area contributed by atoms with Crippen LogP contribution in [0.15, 0.2) is 40.8 Å². The molecule has 0 radical (unpaired) electrons. The second kappa shape index (κ2) is 4.27. The Balaban J connectivity index is 3.11. The maximum absolute atomic E-state index is 11.7. The molecule has 4 nitrogen and oxygen atoms in total. The van der Waals surface area contributed by atoms with Gasteiger partial charge in [-0.05, 0) is 19.1 Å². The summed E-state index contributed by atoms with van der Waals surface area (Å²) in [5, 5.41) is 1.72. The van der Waals surface area contributed by atoms with Gasteiger partial charge in [-0.3, -0.25) is 4.79 Å². The predicted octanol–water partition coefficient (Wildman–Crippen LogP) is 0.986. The first-order valence-electron chi connectivity index (χ1n) is 4.19. The van der Waals surface area contributed by atoms with Crippen LogP contribution in [0.4, 0.5) is 0 Å². The zero-order valence-corrected chi connectivity index (χ0v) is 9.04. The van der Waals surface area contributed by atoms with Gasteiger partial charge in [0.25, 0.3) is 0 Å². The zero-order chi connectivity index (χ0) is 11.5. The van der Waals surface area contributed by atoms with E-state index < -0.39 is 9.84 Å². The SMILES string of the molecule is C=C(NC=O)S(=O)(=O)c1ccc(C)cc1. The third-order valence-corrected chi connectivity index (χ3v) is 3.53. The fraction of sp³-hybridized carbons (Fsp3) is 0.100. The number of aryl methyl sites for hydroxylation is 1. The molecule has 0 heterocycles. The summed E-state index contributed by atoms with van der Waals surface area (Å²) < 4.78 is 23.4. The van der Waals surface area contributed by atoms with Crippen LogP contribution in [0.5, 0.6) is 0 Å². The molecule has 0 aliphatic rings. The molecule has 1 amide bonds. The Kier molecular flexibility index (Phi) is 3.26. The van der Waals surface area contributed by atoms with Crippen molar-refractivity contribution < 1.29 is 13.2 Å². The van der Waals surface area contributed by atoms with Crippen LogP contribution in [-0.2, 0) is 14.6 Å². The lowest BCUT2D eigenvalue weighted by molar-refractivity contribution is -0.108. The van der Waals surface area contributed by atoms with Gasteiger partial charge in [-0.1, -0.05) is 24.3 Å². The summed E-state index contributed by atoms with van der Waals surface area (Å²) in [6.07, 6.45) is 0.286. The number of sulfone groups is 1. The average Bonchev–Trinajstić information content (AvgIpc) is 2.18. The van der Waals surface area contributed by atoms with Crippen LogP contribution in [0.1, 0.15) is 5.56 Å². The number of hydrogen-bond acceptors (Lipinski definition) is 3. The minimum atomic E-state index is -3.65. The van der Waals surface area contributed by atoms with Crippen molar-refractivity contribution in [3.8, 4) is 0 Å². The summed E-state index contributed by atoms with van der Waals surface area (Å²) in [6, 6.07) is 6.31. The Bertz CT molecular complexity index is 474. The van der Waals surface area contributed by atoms with E-state index in [0.29, 0.717) is 0 Å². The van der Waals surface area contributed by atoms with Crippen molar-refractivity contribution in [2.45, 2.75) is 11.8 Å². The fourth-order valence-electron chi connectivity index (χ4n) is 1.00. The summed E-state index contributed by atoms with van der Waals surface area (Å²) in [6.45, 7) is 5.14. The molecule has 1 N–H and O–H groups in total. The summed E-state index contributed by atoms with van der Waals surface area (Å²) in [7, 11) is -3.65. The quantitative estimate of drug-likeness (QED) is 0.777. The number of hydrogen-bond donors (Lipinski definition) is 1. The second-order valence-electron chi connectivity index (χ2n) is 3.00. The molecule has 0 aliphatic heterocycles. The zero-order valence-electron chi connectivity index (χ0n) is 8.23. The Morgan fingerprint density at radius 1 is 1.33 bits per heavy atom. The highest BCUT2D eigenvalue weighted by atomic mass is 32.2. The van der Waals surface area contributed by atoms with E-state index >= 15 is 0 Å². The van der Waals surface area contributed by atoms with Gasteiger partial charge in [0, 0.05) is 0 Å². The van der Waals surface area contributed by atoms with Crippen LogP contribution < -0.4 is 5.32 Å². The second-order valence-corrected chi connectivity index (χ2v) is 4.97. The van der Waals surface area contributed by atoms with E-state index in [9.17, 15) is 13.2 Å². The van der Waals surface area contributed by atoms with E-state index in [1.165, 1.54) is 12.1 Å². The number of nitrogens with one attached hydrogen (secondary N) is 1. The van der Waals surface area contributed by atoms with Crippen molar-refractivity contribution in [1.82, 2.24) is 5.32 Å². The van der Waals surface area contributed by atoms with Gasteiger partial charge in [-0.2, -0.15) is 0 Å². The highest BCUT2D eigenvalue weighted by Crippen LogP contribution is 2.16. The van der Waals surface area contributed by atoms with Gasteiger partial charge in [0.05, 0.1) is 4.90 Å². The number of carbonyl (C=O) groups excluding carboxylic acids is 1. The number of benzene rings is 1. The Hall–Kier alpha value is -1.62. The molecule has 0 saturated heterocycles. The molecule has 1 rings (SSSR count). The van der Waals surface area contributed by atoms with Crippen molar-refractivity contribution in [3.63, 3.8) is 0 Å². The first-order chi connectivity index (χ1) is 6.98. The first-order valence-corrected chi connectivity index (χ1v) is 5.67. The fourth-order valence-corrected chi connectivity index (χ4v) is 1.99. The number of carbonyl (C=O) groups is 1. The van der Waals surface area contributed by atoms with Gasteiger partial charge >= 0.3 is 0 Å². The smallest absolute Gasteiger partial charge is 0.221 e. The molecule has 1 aromatic carbocycles. The number of amides is 1. The number of rotatable bonds is 4. The van der Waals surface area contributed by atoms with Crippen molar-refractivity contribution in [2.75, 3.05) is 0 Å². The third-order valence-electron chi connectivity index (χ3n) is 1.88. The Labute approximate surface area is 88.5 Å². The summed E-state index contributed by atoms with van der Waals surface area (Å²) >= 11 is 0. The molecule has 0 saturated carbocycles. The molecule has 15 heavy (non-hydrogen) atoms. The molecule has 0 aromatic heterocycles. The summed E-state index contributed by atoms with van der Waals surface area (Å²) in [4.78, 5) is 10.2. The average molecular weight is 225 g/mol. The van der Waals surface area contributed by atoms with E-state index in [2.05, 4.69) is 6.58 Å². The highest BCUT2D eigenvalue weighted by molar-refractivity contribution is 7.95. The summed E-state index contributed by atoms with van der Waals surface area (Å²) in [5.41, 5.74) is 0.961. The third kappa shape index (κ3) is 2.44. The van der Waals surface area contributed by atoms with Gasteiger partial charge < -0.3 is 5.32 Å². The highest BCUT2D eigenvalue weighted by Gasteiger charge is 2.17. The van der Waals surface area contributed by atoms with E-state index in [-0.39, 0.29) is 16.3 Å². The lowest BCUT2D eigenvalue weighted by atomic mass is 10.2. The summed E-state index contributed by atoms with van der Waals surface area (Å²) in [5.74, 6) is 0. The molecular weight excluding hydrogens is 214 g/mol. The largest absolute Gasteiger partial charge is 0.319 e. The van der Waals surface area contributed by atoms with Crippen LogP contribution in [-0.4, -0.2) is 14.8 Å². The minimum Gasteiger partial charge on any atom is -0.319 e. The predicted molar refractivity (Wildman–Crippen MR) is 56.7 cm³/mol. The lowest BCUT2D eigenvalue weighted by Gasteiger charge is -2.05. The van der Waals surface area contributed by atoms with Crippen LogP contribution in [0.2, 0.25) is 0 Å². The van der Waals surface area contributed by atoms with Crippen molar-refractivity contribution in [2.24, 2.45) is 0 Å². The van der Waals surface area contributed by atoms with Gasteiger partial charge in [0.1, 0.15) is 5.03 Å². The Morgan fingerprint density at radius 2 is 1.87 bits per heavy atom. The van der Waals surface area contributed by atoms with Gasteiger partial charge in [-0.15, -0.1) is 0 Å². The van der Waals surface area contributed by atoms with Crippen LogP contribution in [0, 0.1) is 6.92 Å². The maximum atomic E-state index is 11.7. The van der Waals surface area contributed by atoms with Crippen LogP contribution in [0.3, 0.4) is 0 Å². The monoisotopic (exact) mass is 225 g/mol. The van der Waals surface area contributed by atoms with Crippen molar-refractivity contribution in [3.05, 3.63) is 41.4 Å². The lowest BCUT2D eigenvalue weighted by Crippen LogP contribution is -2.18. The van der Waals surface area contributed by atoms with Crippen LogP contribution >= 0.6 is 0 Å². The molecule has 1 aromatic rings.